The van der Waals surface area contributed by atoms with Crippen molar-refractivity contribution in [2.45, 2.75) is 50.7 Å². The fraction of sp³-hybridized carbons (Fsp3) is 0.519. The number of rotatable bonds is 3. The van der Waals surface area contributed by atoms with Gasteiger partial charge in [-0.25, -0.2) is 0 Å². The average molecular weight is 514 g/mol. The minimum atomic E-state index is -2.53. The van der Waals surface area contributed by atoms with Gasteiger partial charge in [0.05, 0.1) is 5.56 Å². The van der Waals surface area contributed by atoms with Gasteiger partial charge in [-0.1, -0.05) is 18.6 Å². The summed E-state index contributed by atoms with van der Waals surface area (Å²) in [6.07, 6.45) is 3.50. The van der Waals surface area contributed by atoms with E-state index in [1.54, 1.807) is 0 Å². The van der Waals surface area contributed by atoms with Crippen molar-refractivity contribution in [2.75, 3.05) is 27.2 Å². The van der Waals surface area contributed by atoms with E-state index < -0.39 is 52.0 Å². The highest BCUT2D eigenvalue weighted by atomic mass is 16.3. The number of carbonyl (C=O) groups is 3. The number of benzene rings is 1. The fourth-order valence-electron chi connectivity index (χ4n) is 6.13. The third-order valence-corrected chi connectivity index (χ3v) is 7.86. The first kappa shape index (κ1) is 26.8. The molecule has 200 valence electrons. The van der Waals surface area contributed by atoms with E-state index in [9.17, 15) is 34.8 Å². The molecule has 37 heavy (non-hydrogen) atoms. The Kier molecular flexibility index (Phi) is 7.45. The van der Waals surface area contributed by atoms with Crippen molar-refractivity contribution in [1.82, 2.24) is 10.2 Å². The van der Waals surface area contributed by atoms with Crippen molar-refractivity contribution in [3.8, 4) is 5.75 Å². The number of fused-ring (bicyclic) bond motifs is 3. The van der Waals surface area contributed by atoms with E-state index in [1.807, 2.05) is 26.2 Å². The number of carbonyl (C=O) groups excluding carboxylic acids is 3. The summed E-state index contributed by atoms with van der Waals surface area (Å²) in [5, 5.41) is 46.9. The van der Waals surface area contributed by atoms with Crippen LogP contribution in [0.3, 0.4) is 0 Å². The van der Waals surface area contributed by atoms with Crippen LogP contribution in [-0.2, 0) is 27.3 Å². The first-order valence-corrected chi connectivity index (χ1v) is 12.7. The smallest absolute Gasteiger partial charge is 0.255 e. The van der Waals surface area contributed by atoms with E-state index in [4.69, 9.17) is 5.73 Å². The molecule has 10 heteroatoms. The van der Waals surface area contributed by atoms with Crippen molar-refractivity contribution in [1.29, 1.82) is 0 Å². The Labute approximate surface area is 215 Å². The molecule has 3 aliphatic carbocycles. The number of likely N-dealkylation sites (tertiary alicyclic amines) is 1. The van der Waals surface area contributed by atoms with Crippen LogP contribution in [0.25, 0.3) is 5.76 Å². The molecule has 4 aliphatic rings. The number of nitrogens with zero attached hydrogens (tertiary/aromatic N) is 1. The lowest BCUT2D eigenvalue weighted by atomic mass is 9.59. The summed E-state index contributed by atoms with van der Waals surface area (Å²) >= 11 is 0. The van der Waals surface area contributed by atoms with Crippen molar-refractivity contribution in [2.24, 2.45) is 17.6 Å². The Hall–Kier alpha value is -3.21. The van der Waals surface area contributed by atoms with Crippen LogP contribution in [0.1, 0.15) is 48.8 Å². The summed E-state index contributed by atoms with van der Waals surface area (Å²) in [6.45, 7) is 2.36. The molecular weight excluding hydrogens is 478 g/mol. The number of aliphatic hydroxyl groups excluding tert-OH is 2. The van der Waals surface area contributed by atoms with Gasteiger partial charge < -0.3 is 31.5 Å². The number of nitrogens with two attached hydrogens (primary N) is 1. The van der Waals surface area contributed by atoms with Gasteiger partial charge >= 0.3 is 0 Å². The molecule has 5 rings (SSSR count). The number of primary amides is 1. The maximum atomic E-state index is 13.5. The first-order valence-electron chi connectivity index (χ1n) is 12.7. The summed E-state index contributed by atoms with van der Waals surface area (Å²) in [6, 6.07) is 3.67. The van der Waals surface area contributed by atoms with Crippen LogP contribution in [0.4, 0.5) is 0 Å². The van der Waals surface area contributed by atoms with Gasteiger partial charge in [-0.3, -0.25) is 19.3 Å². The number of phenols is 1. The third-order valence-electron chi connectivity index (χ3n) is 7.86. The number of aromatic hydroxyl groups is 1. The molecule has 1 aromatic carbocycles. The lowest BCUT2D eigenvalue weighted by Gasteiger charge is -2.46. The SMILES string of the molecule is CNC.NC(=O)C1=C(O)[C@@]2(O)C(=O)C3=C(O)c4c(ccc(CN5CCCCC5)c4O)CC3C[C@H]2CC1=O. The number of nitrogens with one attached hydrogen (secondary N) is 1. The van der Waals surface area contributed by atoms with E-state index in [0.29, 0.717) is 24.1 Å². The van der Waals surface area contributed by atoms with E-state index in [-0.39, 0.29) is 29.7 Å². The fourth-order valence-corrected chi connectivity index (χ4v) is 6.13. The van der Waals surface area contributed by atoms with Crippen molar-refractivity contribution in [3.63, 3.8) is 0 Å². The molecule has 1 heterocycles. The maximum Gasteiger partial charge on any atom is 0.255 e. The van der Waals surface area contributed by atoms with Crippen LogP contribution in [0.5, 0.6) is 5.75 Å². The number of piperidine rings is 1. The number of Topliss-reactive ketones (excluding diaryl/α,β-unsaturated/α-hetero) is 2. The topological polar surface area (TPSA) is 173 Å². The van der Waals surface area contributed by atoms with Crippen molar-refractivity contribution in [3.05, 3.63) is 45.7 Å². The molecule has 3 atom stereocenters. The predicted molar refractivity (Wildman–Crippen MR) is 135 cm³/mol. The largest absolute Gasteiger partial charge is 0.508 e. The molecule has 0 bridgehead atoms. The molecule has 7 N–H and O–H groups in total. The number of amides is 1. The molecule has 10 nitrogen and oxygen atoms in total. The molecule has 1 saturated carbocycles. The Bertz CT molecular complexity index is 1200. The van der Waals surface area contributed by atoms with Crippen LogP contribution in [0.15, 0.2) is 29.0 Å². The second-order valence-electron chi connectivity index (χ2n) is 10.4. The molecule has 1 saturated heterocycles. The van der Waals surface area contributed by atoms with Crippen LogP contribution in [0.2, 0.25) is 0 Å². The minimum absolute atomic E-state index is 0.107. The van der Waals surface area contributed by atoms with Gasteiger partial charge in [0, 0.05) is 30.0 Å². The zero-order chi connectivity index (χ0) is 27.1. The predicted octanol–water partition coefficient (Wildman–Crippen LogP) is 1.25. The Morgan fingerprint density at radius 1 is 1.11 bits per heavy atom. The number of hydrogen-bond donors (Lipinski definition) is 6. The van der Waals surface area contributed by atoms with Crippen LogP contribution < -0.4 is 11.1 Å². The second kappa shape index (κ2) is 10.3. The van der Waals surface area contributed by atoms with Crippen molar-refractivity contribution < 1.29 is 34.8 Å². The van der Waals surface area contributed by atoms with Crippen LogP contribution in [0, 0.1) is 11.8 Å². The second-order valence-corrected chi connectivity index (χ2v) is 10.4. The normalized spacial score (nSPS) is 27.6. The quantitative estimate of drug-likeness (QED) is 0.325. The summed E-state index contributed by atoms with van der Waals surface area (Å²) < 4.78 is 0. The molecule has 1 aliphatic heterocycles. The van der Waals surface area contributed by atoms with Gasteiger partial charge in [-0.05, 0) is 64.3 Å². The zero-order valence-corrected chi connectivity index (χ0v) is 21.2. The molecule has 0 spiro atoms. The van der Waals surface area contributed by atoms with Crippen molar-refractivity contribution >= 4 is 23.2 Å². The lowest BCUT2D eigenvalue weighted by molar-refractivity contribution is -0.147. The summed E-state index contributed by atoms with van der Waals surface area (Å²) in [4.78, 5) is 39.8. The average Bonchev–Trinajstić information content (AvgIpc) is 2.84. The van der Waals surface area contributed by atoms with Gasteiger partial charge in [0.1, 0.15) is 22.8 Å². The van der Waals surface area contributed by atoms with E-state index in [0.717, 1.165) is 25.9 Å². The highest BCUT2D eigenvalue weighted by molar-refractivity contribution is 6.22. The van der Waals surface area contributed by atoms with Gasteiger partial charge in [0.2, 0.25) is 5.78 Å². The summed E-state index contributed by atoms with van der Waals surface area (Å²) in [5.74, 6) is -5.98. The van der Waals surface area contributed by atoms with E-state index >= 15 is 0 Å². The summed E-state index contributed by atoms with van der Waals surface area (Å²) in [5.41, 5.74) is 3.24. The van der Waals surface area contributed by atoms with Gasteiger partial charge in [0.25, 0.3) is 5.91 Å². The third kappa shape index (κ3) is 4.43. The molecule has 1 unspecified atom stereocenters. The van der Waals surface area contributed by atoms with Crippen LogP contribution in [-0.4, -0.2) is 75.6 Å². The highest BCUT2D eigenvalue weighted by Gasteiger charge is 2.60. The summed E-state index contributed by atoms with van der Waals surface area (Å²) in [7, 11) is 3.75. The standard InChI is InChI=1S/C25H28N2O7.C2H7N/c26-24(33)19-16(28)10-15-9-14-8-12-4-5-13(11-27-6-2-1-3-7-27)20(29)17(12)21(30)18(14)22(31)25(15,34)23(19)32;1-3-2/h4-5,14-15,29-30,32,34H,1-3,6-11H2,(H2,26,33);3H,1-2H3/t14?,15-,25-;/m0./s1. The number of aliphatic hydroxyl groups is 3. The lowest BCUT2D eigenvalue weighted by Crippen LogP contribution is -2.58. The molecule has 0 aromatic heterocycles. The van der Waals surface area contributed by atoms with Crippen LogP contribution >= 0.6 is 0 Å². The molecule has 1 aromatic rings. The maximum absolute atomic E-state index is 13.5. The van der Waals surface area contributed by atoms with Gasteiger partial charge in [-0.15, -0.1) is 0 Å². The van der Waals surface area contributed by atoms with Gasteiger partial charge in [-0.2, -0.15) is 0 Å². The zero-order valence-electron chi connectivity index (χ0n) is 21.2. The van der Waals surface area contributed by atoms with E-state index in [2.05, 4.69) is 10.2 Å². The molecule has 2 fully saturated rings. The van der Waals surface area contributed by atoms with E-state index in [1.165, 1.54) is 6.42 Å². The highest BCUT2D eigenvalue weighted by Crippen LogP contribution is 2.52. The minimum Gasteiger partial charge on any atom is -0.508 e. The number of ketones is 2. The van der Waals surface area contributed by atoms with Gasteiger partial charge in [0.15, 0.2) is 11.4 Å². The molecule has 1 amide bonds. The Morgan fingerprint density at radius 2 is 1.76 bits per heavy atom. The Morgan fingerprint density at radius 3 is 2.38 bits per heavy atom. The molecular formula is C27H35N3O7. The Balaban J connectivity index is 0.00000102. The monoisotopic (exact) mass is 513 g/mol. The number of hydrogen-bond acceptors (Lipinski definition) is 9. The number of phenolic OH excluding ortho intramolecular Hbond substituents is 1. The first-order chi connectivity index (χ1) is 17.6. The molecule has 0 radical (unpaired) electrons.